The molecule has 1 aromatic rings. The van der Waals surface area contributed by atoms with Crippen LogP contribution in [0.2, 0.25) is 0 Å². The van der Waals surface area contributed by atoms with Crippen LogP contribution < -0.4 is 0 Å². The van der Waals surface area contributed by atoms with Crippen LogP contribution in [0.1, 0.15) is 30.7 Å². The van der Waals surface area contributed by atoms with E-state index in [4.69, 9.17) is 16.3 Å². The van der Waals surface area contributed by atoms with E-state index in [9.17, 15) is 0 Å². The normalized spacial score (nSPS) is 26.1. The van der Waals surface area contributed by atoms with Crippen LogP contribution >= 0.6 is 43.5 Å². The molecule has 4 heteroatoms. The molecule has 2 rings (SSSR count). The van der Waals surface area contributed by atoms with E-state index in [1.165, 1.54) is 0 Å². The van der Waals surface area contributed by atoms with Gasteiger partial charge in [0.15, 0.2) is 0 Å². The average Bonchev–Trinajstić information content (AvgIpc) is 2.79. The molecule has 0 bridgehead atoms. The molecule has 1 aliphatic rings. The molecule has 0 amide bonds. The number of benzene rings is 1. The third-order valence-electron chi connectivity index (χ3n) is 3.29. The minimum absolute atomic E-state index is 0.00863. The Morgan fingerprint density at radius 3 is 2.94 bits per heavy atom. The molecule has 1 nitrogen and oxygen atoms in total. The van der Waals surface area contributed by atoms with Crippen LogP contribution in [0.3, 0.4) is 0 Å². The highest BCUT2D eigenvalue weighted by Crippen LogP contribution is 2.42. The van der Waals surface area contributed by atoms with Gasteiger partial charge >= 0.3 is 0 Å². The van der Waals surface area contributed by atoms with E-state index in [0.717, 1.165) is 34.0 Å². The standard InChI is InChI=1S/C13H15Br2ClO/c1-2-12-9(5-6-17-12)13(16)10-7-8(14)3-4-11(10)15/h3-4,7,9,12-13H,2,5-6H2,1H3. The smallest absolute Gasteiger partial charge is 0.0650 e. The van der Waals surface area contributed by atoms with Crippen molar-refractivity contribution in [1.82, 2.24) is 0 Å². The van der Waals surface area contributed by atoms with Crippen molar-refractivity contribution in [3.05, 3.63) is 32.7 Å². The molecular formula is C13H15Br2ClO. The summed E-state index contributed by atoms with van der Waals surface area (Å²) in [6, 6.07) is 6.14. The number of hydrogen-bond donors (Lipinski definition) is 0. The quantitative estimate of drug-likeness (QED) is 0.644. The van der Waals surface area contributed by atoms with Crippen molar-refractivity contribution in [3.8, 4) is 0 Å². The SMILES string of the molecule is CCC1OCCC1C(Cl)c1cc(Br)ccc1Br. The largest absolute Gasteiger partial charge is 0.378 e. The van der Waals surface area contributed by atoms with Crippen molar-refractivity contribution < 1.29 is 4.74 Å². The zero-order chi connectivity index (χ0) is 12.4. The second-order valence-corrected chi connectivity index (χ2v) is 6.58. The van der Waals surface area contributed by atoms with Crippen molar-refractivity contribution in [2.75, 3.05) is 6.61 Å². The van der Waals surface area contributed by atoms with Crippen LogP contribution in [-0.4, -0.2) is 12.7 Å². The summed E-state index contributed by atoms with van der Waals surface area (Å²) in [6.07, 6.45) is 2.37. The number of rotatable bonds is 3. The molecule has 0 aliphatic carbocycles. The fourth-order valence-corrected chi connectivity index (χ4v) is 3.85. The van der Waals surface area contributed by atoms with Gasteiger partial charge in [0, 0.05) is 21.5 Å². The lowest BCUT2D eigenvalue weighted by Crippen LogP contribution is -2.19. The highest BCUT2D eigenvalue weighted by Gasteiger charge is 2.34. The second-order valence-electron chi connectivity index (χ2n) is 4.34. The van der Waals surface area contributed by atoms with E-state index in [1.54, 1.807) is 0 Å². The molecule has 0 saturated carbocycles. The second kappa shape index (κ2) is 6.05. The molecule has 1 aliphatic heterocycles. The minimum atomic E-state index is 0.00863. The molecular weight excluding hydrogens is 367 g/mol. The fraction of sp³-hybridized carbons (Fsp3) is 0.538. The zero-order valence-corrected chi connectivity index (χ0v) is 13.6. The van der Waals surface area contributed by atoms with Gasteiger partial charge in [-0.05, 0) is 36.6 Å². The van der Waals surface area contributed by atoms with E-state index in [0.29, 0.717) is 12.0 Å². The summed E-state index contributed by atoms with van der Waals surface area (Å²) in [5.41, 5.74) is 1.15. The van der Waals surface area contributed by atoms with E-state index in [-0.39, 0.29) is 5.38 Å². The Kier molecular flexibility index (Phi) is 4.93. The predicted molar refractivity (Wildman–Crippen MR) is 78.6 cm³/mol. The Bertz CT molecular complexity index is 397. The van der Waals surface area contributed by atoms with E-state index in [1.807, 2.05) is 12.1 Å². The Morgan fingerprint density at radius 1 is 1.47 bits per heavy atom. The zero-order valence-electron chi connectivity index (χ0n) is 9.63. The van der Waals surface area contributed by atoms with Gasteiger partial charge in [0.05, 0.1) is 11.5 Å². The van der Waals surface area contributed by atoms with Crippen LogP contribution in [0.4, 0.5) is 0 Å². The lowest BCUT2D eigenvalue weighted by molar-refractivity contribution is 0.0864. The Labute approximate surface area is 124 Å². The van der Waals surface area contributed by atoms with Crippen molar-refractivity contribution >= 4 is 43.5 Å². The third-order valence-corrected chi connectivity index (χ3v) is 5.07. The van der Waals surface area contributed by atoms with E-state index in [2.05, 4.69) is 44.8 Å². The van der Waals surface area contributed by atoms with Crippen molar-refractivity contribution in [3.63, 3.8) is 0 Å². The monoisotopic (exact) mass is 380 g/mol. The summed E-state index contributed by atoms with van der Waals surface area (Å²) < 4.78 is 7.85. The summed E-state index contributed by atoms with van der Waals surface area (Å²) in [4.78, 5) is 0. The lowest BCUT2D eigenvalue weighted by atomic mass is 9.91. The molecule has 94 valence electrons. The maximum Gasteiger partial charge on any atom is 0.0650 e. The van der Waals surface area contributed by atoms with Gasteiger partial charge in [0.1, 0.15) is 0 Å². The van der Waals surface area contributed by atoms with Crippen molar-refractivity contribution in [1.29, 1.82) is 0 Å². The van der Waals surface area contributed by atoms with Crippen LogP contribution in [-0.2, 0) is 4.74 Å². The first-order valence-corrected chi connectivity index (χ1v) is 7.86. The van der Waals surface area contributed by atoms with Gasteiger partial charge in [-0.1, -0.05) is 38.8 Å². The van der Waals surface area contributed by atoms with Crippen molar-refractivity contribution in [2.45, 2.75) is 31.2 Å². The van der Waals surface area contributed by atoms with Crippen LogP contribution in [0.15, 0.2) is 27.1 Å². The maximum absolute atomic E-state index is 6.63. The molecule has 0 N–H and O–H groups in total. The maximum atomic E-state index is 6.63. The molecule has 3 unspecified atom stereocenters. The summed E-state index contributed by atoms with van der Waals surface area (Å²) in [6.45, 7) is 2.99. The van der Waals surface area contributed by atoms with Crippen molar-refractivity contribution in [2.24, 2.45) is 5.92 Å². The van der Waals surface area contributed by atoms with Gasteiger partial charge in [-0.3, -0.25) is 0 Å². The van der Waals surface area contributed by atoms with Crippen LogP contribution in [0.5, 0.6) is 0 Å². The number of halogens is 3. The molecule has 1 aromatic carbocycles. The molecule has 1 fully saturated rings. The highest BCUT2D eigenvalue weighted by atomic mass is 79.9. The van der Waals surface area contributed by atoms with Gasteiger partial charge in [0.2, 0.25) is 0 Å². The number of alkyl halides is 1. The van der Waals surface area contributed by atoms with Gasteiger partial charge < -0.3 is 4.74 Å². The first kappa shape index (κ1) is 13.9. The van der Waals surface area contributed by atoms with Crippen LogP contribution in [0, 0.1) is 5.92 Å². The molecule has 0 aromatic heterocycles. The van der Waals surface area contributed by atoms with Gasteiger partial charge in [0.25, 0.3) is 0 Å². The Balaban J connectivity index is 2.24. The Morgan fingerprint density at radius 2 is 2.24 bits per heavy atom. The molecule has 3 atom stereocenters. The summed E-state index contributed by atoms with van der Waals surface area (Å²) in [5.74, 6) is 0.410. The topological polar surface area (TPSA) is 9.23 Å². The fourth-order valence-electron chi connectivity index (χ4n) is 2.38. The average molecular weight is 383 g/mol. The summed E-state index contributed by atoms with van der Waals surface area (Å²) >= 11 is 13.7. The van der Waals surface area contributed by atoms with Gasteiger partial charge in [-0.25, -0.2) is 0 Å². The molecule has 1 heterocycles. The number of hydrogen-bond acceptors (Lipinski definition) is 1. The molecule has 0 spiro atoms. The molecule has 17 heavy (non-hydrogen) atoms. The number of ether oxygens (including phenoxy) is 1. The predicted octanol–water partition coefficient (Wildman–Crippen LogP) is 5.31. The highest BCUT2D eigenvalue weighted by molar-refractivity contribution is 9.11. The van der Waals surface area contributed by atoms with Gasteiger partial charge in [-0.15, -0.1) is 11.6 Å². The van der Waals surface area contributed by atoms with Gasteiger partial charge in [-0.2, -0.15) is 0 Å². The lowest BCUT2D eigenvalue weighted by Gasteiger charge is -2.23. The molecule has 1 saturated heterocycles. The first-order chi connectivity index (χ1) is 8.13. The van der Waals surface area contributed by atoms with E-state index >= 15 is 0 Å². The summed E-state index contributed by atoms with van der Waals surface area (Å²) in [5, 5.41) is 0.00863. The van der Waals surface area contributed by atoms with E-state index < -0.39 is 0 Å². The minimum Gasteiger partial charge on any atom is -0.378 e. The first-order valence-electron chi connectivity index (χ1n) is 5.84. The Hall–Kier alpha value is 0.430. The third kappa shape index (κ3) is 3.06. The summed E-state index contributed by atoms with van der Waals surface area (Å²) in [7, 11) is 0. The molecule has 0 radical (unpaired) electrons. The van der Waals surface area contributed by atoms with Crippen LogP contribution in [0.25, 0.3) is 0 Å².